The van der Waals surface area contributed by atoms with Gasteiger partial charge in [-0.2, -0.15) is 0 Å². The molecule has 0 spiro atoms. The van der Waals surface area contributed by atoms with Crippen LogP contribution in [0.4, 0.5) is 17.1 Å². The number of hydrogen-bond donors (Lipinski definition) is 2. The number of methoxy groups -OCH3 is 1. The number of nitro benzene ring substituents is 1. The summed E-state index contributed by atoms with van der Waals surface area (Å²) in [6.45, 7) is 0. The van der Waals surface area contributed by atoms with E-state index in [1.807, 2.05) is 0 Å². The quantitative estimate of drug-likeness (QED) is 0.552. The van der Waals surface area contributed by atoms with E-state index in [0.29, 0.717) is 5.69 Å². The second-order valence-corrected chi connectivity index (χ2v) is 7.69. The third-order valence-corrected chi connectivity index (χ3v) is 5.43. The fraction of sp³-hybridized carbons (Fsp3) is 0.235. The number of carbonyl (C=O) groups excluding carboxylic acids is 1. The first-order chi connectivity index (χ1) is 12.8. The van der Waals surface area contributed by atoms with E-state index < -0.39 is 25.5 Å². The molecule has 0 atom stereocenters. The molecule has 142 valence electrons. The predicted octanol–water partition coefficient (Wildman–Crippen LogP) is 2.75. The van der Waals surface area contributed by atoms with Gasteiger partial charge in [0.2, 0.25) is 5.91 Å². The molecular formula is C17H17N3O6S. The summed E-state index contributed by atoms with van der Waals surface area (Å²) in [5, 5.41) is 14.0. The van der Waals surface area contributed by atoms with E-state index in [9.17, 15) is 23.3 Å². The Labute approximate surface area is 155 Å². The molecule has 2 aromatic rings. The van der Waals surface area contributed by atoms with Crippen LogP contribution in [-0.4, -0.2) is 26.4 Å². The van der Waals surface area contributed by atoms with Crippen molar-refractivity contribution in [3.63, 3.8) is 0 Å². The number of amides is 1. The summed E-state index contributed by atoms with van der Waals surface area (Å²) in [7, 11) is -2.86. The van der Waals surface area contributed by atoms with Crippen molar-refractivity contribution in [2.45, 2.75) is 17.7 Å². The normalized spacial score (nSPS) is 13.7. The number of nitrogens with one attached hydrogen (secondary N) is 2. The second kappa shape index (κ2) is 7.23. The minimum atomic E-state index is -4.19. The highest BCUT2D eigenvalue weighted by molar-refractivity contribution is 7.92. The molecule has 27 heavy (non-hydrogen) atoms. The van der Waals surface area contributed by atoms with Gasteiger partial charge in [-0.05, 0) is 49.2 Å². The van der Waals surface area contributed by atoms with Crippen LogP contribution < -0.4 is 14.8 Å². The van der Waals surface area contributed by atoms with Gasteiger partial charge in [0.05, 0.1) is 18.1 Å². The van der Waals surface area contributed by atoms with Gasteiger partial charge in [0.15, 0.2) is 4.90 Å². The smallest absolute Gasteiger partial charge is 0.293 e. The third-order valence-electron chi connectivity index (χ3n) is 4.01. The summed E-state index contributed by atoms with van der Waals surface area (Å²) < 4.78 is 32.3. The van der Waals surface area contributed by atoms with Gasteiger partial charge in [-0.15, -0.1) is 0 Å². The lowest BCUT2D eigenvalue weighted by molar-refractivity contribution is -0.387. The zero-order valence-corrected chi connectivity index (χ0v) is 15.2. The fourth-order valence-electron chi connectivity index (χ4n) is 2.42. The SMILES string of the molecule is COc1ccc(S(=O)(=O)Nc2ccc(NC(=O)C3CC3)cc2)c([N+](=O)[O-])c1. The molecule has 1 fully saturated rings. The summed E-state index contributed by atoms with van der Waals surface area (Å²) in [5.41, 5.74) is 0.171. The minimum absolute atomic E-state index is 0.0544. The predicted molar refractivity (Wildman–Crippen MR) is 98.3 cm³/mol. The van der Waals surface area contributed by atoms with Crippen LogP contribution >= 0.6 is 0 Å². The Morgan fingerprint density at radius 1 is 1.15 bits per heavy atom. The van der Waals surface area contributed by atoms with E-state index in [1.54, 1.807) is 12.1 Å². The van der Waals surface area contributed by atoms with E-state index in [2.05, 4.69) is 10.0 Å². The Kier molecular flexibility index (Phi) is 5.00. The molecule has 10 heteroatoms. The second-order valence-electron chi connectivity index (χ2n) is 6.04. The first kappa shape index (κ1) is 18.6. The maximum atomic E-state index is 12.6. The molecule has 1 aliphatic carbocycles. The maximum Gasteiger partial charge on any atom is 0.293 e. The Bertz CT molecular complexity index is 984. The molecule has 0 saturated heterocycles. The minimum Gasteiger partial charge on any atom is -0.497 e. The van der Waals surface area contributed by atoms with Gasteiger partial charge < -0.3 is 10.1 Å². The maximum absolute atomic E-state index is 12.6. The number of hydrogen-bond acceptors (Lipinski definition) is 6. The van der Waals surface area contributed by atoms with Crippen molar-refractivity contribution in [3.05, 3.63) is 52.6 Å². The summed E-state index contributed by atoms with van der Waals surface area (Å²) in [5.74, 6) is 0.174. The summed E-state index contributed by atoms with van der Waals surface area (Å²) in [4.78, 5) is 21.7. The monoisotopic (exact) mass is 391 g/mol. The van der Waals surface area contributed by atoms with E-state index in [4.69, 9.17) is 4.74 Å². The summed E-state index contributed by atoms with van der Waals surface area (Å²) in [6, 6.07) is 9.54. The van der Waals surface area contributed by atoms with Gasteiger partial charge >= 0.3 is 0 Å². The van der Waals surface area contributed by atoms with Crippen LogP contribution in [0.15, 0.2) is 47.4 Å². The molecule has 0 heterocycles. The first-order valence-electron chi connectivity index (χ1n) is 8.06. The molecule has 1 saturated carbocycles. The molecule has 3 rings (SSSR count). The van der Waals surface area contributed by atoms with Crippen LogP contribution in [-0.2, 0) is 14.8 Å². The Morgan fingerprint density at radius 2 is 1.78 bits per heavy atom. The fourth-order valence-corrected chi connectivity index (χ4v) is 3.63. The van der Waals surface area contributed by atoms with Crippen molar-refractivity contribution in [2.75, 3.05) is 17.1 Å². The Morgan fingerprint density at radius 3 is 2.33 bits per heavy atom. The summed E-state index contributed by atoms with van der Waals surface area (Å²) in [6.07, 6.45) is 1.76. The number of anilines is 2. The van der Waals surface area contributed by atoms with E-state index >= 15 is 0 Å². The van der Waals surface area contributed by atoms with Gasteiger partial charge in [-0.1, -0.05) is 0 Å². The van der Waals surface area contributed by atoms with Crippen LogP contribution in [0.3, 0.4) is 0 Å². The Balaban J connectivity index is 1.80. The molecule has 0 radical (unpaired) electrons. The topological polar surface area (TPSA) is 128 Å². The highest BCUT2D eigenvalue weighted by atomic mass is 32.2. The molecule has 1 amide bonds. The van der Waals surface area contributed by atoms with Crippen LogP contribution in [0.25, 0.3) is 0 Å². The molecule has 0 aromatic heterocycles. The van der Waals surface area contributed by atoms with Crippen molar-refractivity contribution in [1.82, 2.24) is 0 Å². The molecule has 2 aromatic carbocycles. The lowest BCUT2D eigenvalue weighted by Crippen LogP contribution is -2.15. The molecule has 1 aliphatic rings. The number of sulfonamides is 1. The standard InChI is InChI=1S/C17H17N3O6S/c1-26-14-8-9-16(15(10-14)20(22)23)27(24,25)19-13-6-4-12(5-7-13)18-17(21)11-2-3-11/h4-11,19H,2-3H2,1H3,(H,18,21). The van der Waals surface area contributed by atoms with Crippen LogP contribution in [0.5, 0.6) is 5.75 Å². The molecule has 9 nitrogen and oxygen atoms in total. The van der Waals surface area contributed by atoms with Gasteiger partial charge in [0.25, 0.3) is 15.7 Å². The number of carbonyl (C=O) groups is 1. The van der Waals surface area contributed by atoms with Crippen molar-refractivity contribution >= 4 is 33.0 Å². The number of ether oxygens (including phenoxy) is 1. The molecule has 0 unspecified atom stereocenters. The zero-order valence-electron chi connectivity index (χ0n) is 14.3. The van der Waals surface area contributed by atoms with Gasteiger partial charge in [0.1, 0.15) is 5.75 Å². The third kappa shape index (κ3) is 4.34. The lowest BCUT2D eigenvalue weighted by Gasteiger charge is -2.10. The van der Waals surface area contributed by atoms with E-state index in [1.165, 1.54) is 25.3 Å². The summed E-state index contributed by atoms with van der Waals surface area (Å²) >= 11 is 0. The van der Waals surface area contributed by atoms with Crippen LogP contribution in [0.1, 0.15) is 12.8 Å². The van der Waals surface area contributed by atoms with Crippen molar-refractivity contribution in [1.29, 1.82) is 0 Å². The molecule has 2 N–H and O–H groups in total. The number of nitrogens with zero attached hydrogens (tertiary/aromatic N) is 1. The van der Waals surface area contributed by atoms with E-state index in [-0.39, 0.29) is 23.3 Å². The highest BCUT2D eigenvalue weighted by Crippen LogP contribution is 2.31. The molecular weight excluding hydrogens is 374 g/mol. The van der Waals surface area contributed by atoms with Crippen LogP contribution in [0.2, 0.25) is 0 Å². The largest absolute Gasteiger partial charge is 0.497 e. The number of benzene rings is 2. The average molecular weight is 391 g/mol. The highest BCUT2D eigenvalue weighted by Gasteiger charge is 2.29. The van der Waals surface area contributed by atoms with E-state index in [0.717, 1.165) is 25.0 Å². The van der Waals surface area contributed by atoms with Crippen LogP contribution in [0, 0.1) is 16.0 Å². The average Bonchev–Trinajstić information content (AvgIpc) is 3.47. The van der Waals surface area contributed by atoms with Crippen molar-refractivity contribution in [2.24, 2.45) is 5.92 Å². The van der Waals surface area contributed by atoms with Crippen molar-refractivity contribution in [3.8, 4) is 5.75 Å². The zero-order chi connectivity index (χ0) is 19.6. The lowest BCUT2D eigenvalue weighted by atomic mass is 10.2. The van der Waals surface area contributed by atoms with Crippen molar-refractivity contribution < 1.29 is 22.9 Å². The molecule has 0 aliphatic heterocycles. The number of nitro groups is 1. The molecule has 0 bridgehead atoms. The Hall–Kier alpha value is -3.14. The van der Waals surface area contributed by atoms with Gasteiger partial charge in [-0.3, -0.25) is 19.6 Å². The first-order valence-corrected chi connectivity index (χ1v) is 9.54. The number of rotatable bonds is 7. The van der Waals surface area contributed by atoms with Gasteiger partial charge in [-0.25, -0.2) is 8.42 Å². The van der Waals surface area contributed by atoms with Gasteiger partial charge in [0, 0.05) is 17.3 Å².